The molecule has 1 amide bonds. The van der Waals surface area contributed by atoms with Crippen LogP contribution in [-0.2, 0) is 11.3 Å². The molecular formula is C16H15Cl2NO3. The maximum absolute atomic E-state index is 11.8. The molecule has 2 aromatic rings. The number of hydrogen-bond acceptors (Lipinski definition) is 3. The number of rotatable bonds is 6. The molecule has 116 valence electrons. The Hall–Kier alpha value is -1.91. The standard InChI is InChI=1S/C16H15Cl2NO3/c1-21-15-7-4-13(18)8-11(15)9-19-16(20)10-22-14-5-2-12(17)3-6-14/h2-8H,9-10H2,1H3,(H,19,20). The molecule has 4 nitrogen and oxygen atoms in total. The lowest BCUT2D eigenvalue weighted by molar-refractivity contribution is -0.123. The Morgan fingerprint density at radius 1 is 1.09 bits per heavy atom. The number of methoxy groups -OCH3 is 1. The zero-order valence-electron chi connectivity index (χ0n) is 11.9. The molecule has 0 unspecified atom stereocenters. The second-order valence-electron chi connectivity index (χ2n) is 4.48. The second kappa shape index (κ2) is 7.92. The summed E-state index contributed by atoms with van der Waals surface area (Å²) in [5, 5.41) is 3.96. The molecule has 0 saturated heterocycles. The third-order valence-corrected chi connectivity index (χ3v) is 3.39. The summed E-state index contributed by atoms with van der Waals surface area (Å²) in [4.78, 5) is 11.8. The van der Waals surface area contributed by atoms with E-state index in [4.69, 9.17) is 32.7 Å². The van der Waals surface area contributed by atoms with Crippen LogP contribution in [0.4, 0.5) is 0 Å². The quantitative estimate of drug-likeness (QED) is 0.872. The van der Waals surface area contributed by atoms with Crippen molar-refractivity contribution in [2.24, 2.45) is 0 Å². The Bertz CT molecular complexity index is 644. The molecule has 0 bridgehead atoms. The number of amides is 1. The fourth-order valence-electron chi connectivity index (χ4n) is 1.81. The first-order valence-corrected chi connectivity index (χ1v) is 7.31. The minimum Gasteiger partial charge on any atom is -0.496 e. The van der Waals surface area contributed by atoms with Crippen molar-refractivity contribution in [3.8, 4) is 11.5 Å². The Kier molecular flexibility index (Phi) is 5.92. The van der Waals surface area contributed by atoms with Crippen molar-refractivity contribution in [1.29, 1.82) is 0 Å². The highest BCUT2D eigenvalue weighted by Crippen LogP contribution is 2.22. The second-order valence-corrected chi connectivity index (χ2v) is 5.35. The van der Waals surface area contributed by atoms with Gasteiger partial charge in [-0.15, -0.1) is 0 Å². The average molecular weight is 340 g/mol. The fraction of sp³-hybridized carbons (Fsp3) is 0.188. The van der Waals surface area contributed by atoms with Crippen LogP contribution in [0.1, 0.15) is 5.56 Å². The Morgan fingerprint density at radius 3 is 2.45 bits per heavy atom. The van der Waals surface area contributed by atoms with E-state index in [0.717, 1.165) is 5.56 Å². The lowest BCUT2D eigenvalue weighted by Gasteiger charge is -2.11. The molecule has 0 aliphatic carbocycles. The van der Waals surface area contributed by atoms with E-state index in [9.17, 15) is 4.79 Å². The highest BCUT2D eigenvalue weighted by Gasteiger charge is 2.07. The Labute approximate surface area is 138 Å². The molecule has 1 N–H and O–H groups in total. The minimum absolute atomic E-state index is 0.0789. The molecule has 0 aliphatic heterocycles. The predicted molar refractivity (Wildman–Crippen MR) is 86.8 cm³/mol. The highest BCUT2D eigenvalue weighted by molar-refractivity contribution is 6.30. The van der Waals surface area contributed by atoms with Crippen LogP contribution in [-0.4, -0.2) is 19.6 Å². The summed E-state index contributed by atoms with van der Waals surface area (Å²) in [6.07, 6.45) is 0. The van der Waals surface area contributed by atoms with Gasteiger partial charge in [0, 0.05) is 22.2 Å². The largest absolute Gasteiger partial charge is 0.496 e. The summed E-state index contributed by atoms with van der Waals surface area (Å²) in [6.45, 7) is 0.233. The minimum atomic E-state index is -0.239. The van der Waals surface area contributed by atoms with E-state index < -0.39 is 0 Å². The van der Waals surface area contributed by atoms with Gasteiger partial charge in [0.05, 0.1) is 7.11 Å². The molecule has 22 heavy (non-hydrogen) atoms. The van der Waals surface area contributed by atoms with E-state index in [-0.39, 0.29) is 12.5 Å². The monoisotopic (exact) mass is 339 g/mol. The maximum Gasteiger partial charge on any atom is 0.258 e. The van der Waals surface area contributed by atoms with Crippen LogP contribution in [0.3, 0.4) is 0 Å². The van der Waals surface area contributed by atoms with E-state index in [2.05, 4.69) is 5.32 Å². The summed E-state index contributed by atoms with van der Waals surface area (Å²) in [6, 6.07) is 12.0. The first-order valence-electron chi connectivity index (χ1n) is 6.56. The zero-order chi connectivity index (χ0) is 15.9. The van der Waals surface area contributed by atoms with Crippen molar-refractivity contribution in [1.82, 2.24) is 5.32 Å². The molecule has 0 aromatic heterocycles. The number of carbonyl (C=O) groups excluding carboxylic acids is 1. The first-order chi connectivity index (χ1) is 10.6. The lowest BCUT2D eigenvalue weighted by Crippen LogP contribution is -2.28. The fourth-order valence-corrected chi connectivity index (χ4v) is 2.13. The zero-order valence-corrected chi connectivity index (χ0v) is 13.4. The number of nitrogens with one attached hydrogen (secondary N) is 1. The van der Waals surface area contributed by atoms with Crippen LogP contribution in [0.25, 0.3) is 0 Å². The van der Waals surface area contributed by atoms with Gasteiger partial charge >= 0.3 is 0 Å². The van der Waals surface area contributed by atoms with Gasteiger partial charge < -0.3 is 14.8 Å². The molecule has 0 spiro atoms. The highest BCUT2D eigenvalue weighted by atomic mass is 35.5. The van der Waals surface area contributed by atoms with E-state index in [1.807, 2.05) is 0 Å². The van der Waals surface area contributed by atoms with E-state index in [0.29, 0.717) is 28.1 Å². The molecule has 0 radical (unpaired) electrons. The number of carbonyl (C=O) groups is 1. The summed E-state index contributed by atoms with van der Waals surface area (Å²) in [5.74, 6) is 1.01. The average Bonchev–Trinajstić information content (AvgIpc) is 2.52. The number of benzene rings is 2. The Morgan fingerprint density at radius 2 is 1.77 bits per heavy atom. The summed E-state index contributed by atoms with van der Waals surface area (Å²) in [5.41, 5.74) is 0.801. The first kappa shape index (κ1) is 16.5. The van der Waals surface area contributed by atoms with Crippen molar-refractivity contribution in [2.45, 2.75) is 6.54 Å². The number of ether oxygens (including phenoxy) is 2. The van der Waals surface area contributed by atoms with Crippen molar-refractivity contribution in [3.63, 3.8) is 0 Å². The van der Waals surface area contributed by atoms with Crippen LogP contribution in [0.15, 0.2) is 42.5 Å². The molecule has 0 heterocycles. The number of halogens is 2. The molecule has 2 rings (SSSR count). The van der Waals surface area contributed by atoms with Gasteiger partial charge in [-0.1, -0.05) is 23.2 Å². The molecule has 0 aliphatic rings. The van der Waals surface area contributed by atoms with Gasteiger partial charge in [-0.25, -0.2) is 0 Å². The van der Waals surface area contributed by atoms with Crippen molar-refractivity contribution in [2.75, 3.05) is 13.7 Å². The summed E-state index contributed by atoms with van der Waals surface area (Å²) in [7, 11) is 1.57. The topological polar surface area (TPSA) is 47.6 Å². The predicted octanol–water partition coefficient (Wildman–Crippen LogP) is 3.70. The lowest BCUT2D eigenvalue weighted by atomic mass is 10.2. The van der Waals surface area contributed by atoms with E-state index in [1.165, 1.54) is 0 Å². The van der Waals surface area contributed by atoms with Crippen LogP contribution >= 0.6 is 23.2 Å². The van der Waals surface area contributed by atoms with Crippen molar-refractivity contribution >= 4 is 29.1 Å². The van der Waals surface area contributed by atoms with Gasteiger partial charge in [0.2, 0.25) is 0 Å². The molecule has 0 fully saturated rings. The van der Waals surface area contributed by atoms with Crippen molar-refractivity contribution in [3.05, 3.63) is 58.1 Å². The summed E-state index contributed by atoms with van der Waals surface area (Å²) >= 11 is 11.7. The van der Waals surface area contributed by atoms with E-state index >= 15 is 0 Å². The van der Waals surface area contributed by atoms with Gasteiger partial charge in [0.25, 0.3) is 5.91 Å². The van der Waals surface area contributed by atoms with Gasteiger partial charge in [0.1, 0.15) is 11.5 Å². The van der Waals surface area contributed by atoms with E-state index in [1.54, 1.807) is 49.6 Å². The number of hydrogen-bond donors (Lipinski definition) is 1. The third kappa shape index (κ3) is 4.83. The summed E-state index contributed by atoms with van der Waals surface area (Å²) < 4.78 is 10.6. The molecule has 0 atom stereocenters. The SMILES string of the molecule is COc1ccc(Cl)cc1CNC(=O)COc1ccc(Cl)cc1. The Balaban J connectivity index is 1.85. The van der Waals surface area contributed by atoms with Crippen LogP contribution in [0, 0.1) is 0 Å². The molecule has 0 saturated carbocycles. The van der Waals surface area contributed by atoms with Crippen molar-refractivity contribution < 1.29 is 14.3 Å². The van der Waals surface area contributed by atoms with Gasteiger partial charge in [0.15, 0.2) is 6.61 Å². The van der Waals surface area contributed by atoms with Gasteiger partial charge in [-0.3, -0.25) is 4.79 Å². The van der Waals surface area contributed by atoms with Crippen LogP contribution in [0.5, 0.6) is 11.5 Å². The van der Waals surface area contributed by atoms with Gasteiger partial charge in [-0.2, -0.15) is 0 Å². The smallest absolute Gasteiger partial charge is 0.258 e. The normalized spacial score (nSPS) is 10.1. The maximum atomic E-state index is 11.8. The molecule has 6 heteroatoms. The third-order valence-electron chi connectivity index (χ3n) is 2.90. The van der Waals surface area contributed by atoms with Crippen LogP contribution in [0.2, 0.25) is 10.0 Å². The van der Waals surface area contributed by atoms with Gasteiger partial charge in [-0.05, 0) is 42.5 Å². The van der Waals surface area contributed by atoms with Crippen LogP contribution < -0.4 is 14.8 Å². The molecular weight excluding hydrogens is 325 g/mol. The molecule has 2 aromatic carbocycles.